The summed E-state index contributed by atoms with van der Waals surface area (Å²) in [6.45, 7) is 20.2. The Balaban J connectivity index is 1.21. The number of halogens is 1. The first-order valence-electron chi connectivity index (χ1n) is 29.2. The van der Waals surface area contributed by atoms with E-state index in [0.29, 0.717) is 49.7 Å². The zero-order valence-electron chi connectivity index (χ0n) is 48.8. The van der Waals surface area contributed by atoms with Crippen molar-refractivity contribution in [1.29, 1.82) is 0 Å². The number of hydrogen-bond acceptors (Lipinski definition) is 13. The summed E-state index contributed by atoms with van der Waals surface area (Å²) in [5.41, 5.74) is 1.44. The Kier molecular flexibility index (Phi) is 21.8. The molecule has 18 heteroatoms. The van der Waals surface area contributed by atoms with Gasteiger partial charge in [-0.1, -0.05) is 111 Å². The number of fused-ring (bicyclic) bond motifs is 2. The maximum Gasteiger partial charge on any atom is 0.325 e. The summed E-state index contributed by atoms with van der Waals surface area (Å²) >= 11 is 0. The topological polar surface area (TPSA) is 250 Å². The van der Waals surface area contributed by atoms with Gasteiger partial charge in [-0.3, -0.25) is 33.8 Å². The van der Waals surface area contributed by atoms with Gasteiger partial charge in [-0.25, -0.2) is 9.82 Å². The number of allylic oxidation sites excluding steroid dienone is 5. The van der Waals surface area contributed by atoms with Crippen molar-refractivity contribution in [3.05, 3.63) is 77.7 Å². The zero-order valence-corrected chi connectivity index (χ0v) is 48.8. The number of aliphatic hydroxyl groups excluding tert-OH is 2. The average molecular weight is 1120 g/mol. The summed E-state index contributed by atoms with van der Waals surface area (Å²) in [6.07, 6.45) is 13.5. The molecule has 4 fully saturated rings. The number of cyclic esters (lactones) is 1. The predicted octanol–water partition coefficient (Wildman–Crippen LogP) is 7.34. The van der Waals surface area contributed by atoms with Gasteiger partial charge < -0.3 is 45.5 Å². The third kappa shape index (κ3) is 14.7. The Labute approximate surface area is 472 Å². The molecule has 4 heterocycles. The number of phenolic OH excluding ortho intramolecular Hbond substituents is 1. The summed E-state index contributed by atoms with van der Waals surface area (Å²) < 4.78 is 27.2. The number of carbonyl (C=O) groups excluding carboxylic acids is 7. The predicted molar refractivity (Wildman–Crippen MR) is 300 cm³/mol. The van der Waals surface area contributed by atoms with Crippen molar-refractivity contribution in [2.24, 2.45) is 53.3 Å². The van der Waals surface area contributed by atoms with Gasteiger partial charge in [-0.15, -0.1) is 0 Å². The molecule has 4 aliphatic heterocycles. The molecule has 2 bridgehead atoms. The molecule has 0 aromatic heterocycles. The quantitative estimate of drug-likeness (QED) is 0.0712. The molecule has 17 atom stereocenters. The van der Waals surface area contributed by atoms with E-state index in [9.17, 15) is 53.3 Å². The molecule has 7 N–H and O–H groups in total. The van der Waals surface area contributed by atoms with Crippen LogP contribution in [0.5, 0.6) is 5.75 Å². The lowest BCUT2D eigenvalue weighted by Gasteiger charge is -2.54. The zero-order chi connectivity index (χ0) is 59.0. The Bertz CT molecular complexity index is 2550. The number of carbonyl (C=O) groups is 7. The van der Waals surface area contributed by atoms with Crippen LogP contribution >= 0.6 is 0 Å². The van der Waals surface area contributed by atoms with Crippen molar-refractivity contribution >= 4 is 41.2 Å². The van der Waals surface area contributed by atoms with Gasteiger partial charge in [0.1, 0.15) is 35.3 Å². The Hall–Kier alpha value is -5.56. The normalized spacial score (nSPS) is 35.9. The number of hydrogen-bond donors (Lipinski definition) is 7. The smallest absolute Gasteiger partial charge is 0.325 e. The molecule has 1 aromatic carbocycles. The van der Waals surface area contributed by atoms with Crippen molar-refractivity contribution in [1.82, 2.24) is 26.4 Å². The fourth-order valence-electron chi connectivity index (χ4n) is 12.2. The SMILES string of the molecule is CC[C@H]1C[C@H](C)[C@@]2(NC1=O)O[C@@H](C[C@H](O)[C@@H](C)CC/C=C/C=C(\C)[C@@H]1C/C=C/C=C/[C@H](O)[C@H](C)[C@@H](C)C(CCC(C)=O)C(=O)N[C@@H](C(C)C)C(=O)NC3(CC3c3ccc(F)c(O)c3)C(=O)N3CCCC(N3)C(=O)O1)[C@H](C)C(=O)[C@@H]2C. The van der Waals surface area contributed by atoms with Crippen LogP contribution in [0, 0.1) is 59.1 Å². The van der Waals surface area contributed by atoms with Gasteiger partial charge in [-0.05, 0) is 112 Å². The van der Waals surface area contributed by atoms with Gasteiger partial charge in [0, 0.05) is 55.4 Å². The molecule has 80 heavy (non-hydrogen) atoms. The van der Waals surface area contributed by atoms with Gasteiger partial charge >= 0.3 is 5.97 Å². The minimum absolute atomic E-state index is 0.0137. The summed E-state index contributed by atoms with van der Waals surface area (Å²) in [7, 11) is 0. The van der Waals surface area contributed by atoms with E-state index < -0.39 is 124 Å². The number of piperidine rings is 1. The van der Waals surface area contributed by atoms with Gasteiger partial charge in [0.15, 0.2) is 17.3 Å². The molecule has 1 aliphatic carbocycles. The van der Waals surface area contributed by atoms with Crippen LogP contribution in [-0.4, -0.2) is 116 Å². The summed E-state index contributed by atoms with van der Waals surface area (Å²) in [5.74, 6) is -8.30. The first-order chi connectivity index (χ1) is 37.8. The number of aromatic hydroxyl groups is 1. The largest absolute Gasteiger partial charge is 0.505 e. The second kappa shape index (κ2) is 27.5. The number of Topliss-reactive ketones (excluding diaryl/α,β-unsaturated/α-hetero) is 2. The van der Waals surface area contributed by atoms with Crippen LogP contribution in [0.4, 0.5) is 4.39 Å². The molecule has 0 radical (unpaired) electrons. The molecule has 4 amide bonds. The lowest BCUT2D eigenvalue weighted by atomic mass is 9.70. The minimum Gasteiger partial charge on any atom is -0.505 e. The van der Waals surface area contributed by atoms with Crippen molar-refractivity contribution in [2.75, 3.05) is 6.54 Å². The highest BCUT2D eigenvalue weighted by molar-refractivity contribution is 5.98. The molecule has 1 saturated carbocycles. The monoisotopic (exact) mass is 1120 g/mol. The van der Waals surface area contributed by atoms with Crippen LogP contribution in [0.25, 0.3) is 0 Å². The maximum absolute atomic E-state index is 14.9. The molecule has 4 unspecified atom stereocenters. The van der Waals surface area contributed by atoms with Crippen molar-refractivity contribution in [3.63, 3.8) is 0 Å². The number of amides is 4. The fraction of sp³-hybridized carbons (Fsp3) is 0.661. The molecule has 5 aliphatic rings. The van der Waals surface area contributed by atoms with Crippen molar-refractivity contribution < 1.29 is 62.7 Å². The highest BCUT2D eigenvalue weighted by atomic mass is 19.1. The van der Waals surface area contributed by atoms with Crippen LogP contribution in [0.2, 0.25) is 0 Å². The Morgan fingerprint density at radius 1 is 0.975 bits per heavy atom. The molecule has 17 nitrogen and oxygen atoms in total. The van der Waals surface area contributed by atoms with Gasteiger partial charge in [0.2, 0.25) is 17.7 Å². The van der Waals surface area contributed by atoms with E-state index in [1.165, 1.54) is 24.1 Å². The Morgan fingerprint density at radius 3 is 2.38 bits per heavy atom. The lowest BCUT2D eigenvalue weighted by molar-refractivity contribution is -0.229. The van der Waals surface area contributed by atoms with Crippen molar-refractivity contribution in [2.45, 2.75) is 200 Å². The van der Waals surface area contributed by atoms with Crippen LogP contribution in [-0.2, 0) is 43.0 Å². The highest BCUT2D eigenvalue weighted by Gasteiger charge is 2.64. The van der Waals surface area contributed by atoms with E-state index in [2.05, 4.69) is 21.4 Å². The third-order valence-corrected chi connectivity index (χ3v) is 18.2. The second-order valence-corrected chi connectivity index (χ2v) is 24.3. The number of aliphatic hydroxyl groups is 2. The van der Waals surface area contributed by atoms with Gasteiger partial charge in [0.25, 0.3) is 5.91 Å². The molecule has 442 valence electrons. The molecule has 6 rings (SSSR count). The maximum atomic E-state index is 14.9. The lowest BCUT2D eigenvalue weighted by Crippen LogP contribution is -2.70. The number of hydrazine groups is 1. The summed E-state index contributed by atoms with van der Waals surface area (Å²) in [6, 6.07) is 1.63. The first kappa shape index (κ1) is 63.6. The molecule has 2 spiro atoms. The van der Waals surface area contributed by atoms with Crippen LogP contribution in [0.15, 0.2) is 66.3 Å². The summed E-state index contributed by atoms with van der Waals surface area (Å²) in [5, 5.41) is 43.5. The van der Waals surface area contributed by atoms with E-state index in [1.807, 2.05) is 79.7 Å². The summed E-state index contributed by atoms with van der Waals surface area (Å²) in [4.78, 5) is 96.9. The third-order valence-electron chi connectivity index (χ3n) is 18.2. The number of nitrogens with one attached hydrogen (secondary N) is 4. The molecular formula is C62H90FN5O12. The molecule has 1 aromatic rings. The number of nitrogens with zero attached hydrogens (tertiary/aromatic N) is 1. The van der Waals surface area contributed by atoms with Gasteiger partial charge in [-0.2, -0.15) is 0 Å². The van der Waals surface area contributed by atoms with Crippen LogP contribution in [0.3, 0.4) is 0 Å². The molecule has 3 saturated heterocycles. The average Bonchev–Trinajstić information content (AvgIpc) is 4.35. The number of ketones is 2. The van der Waals surface area contributed by atoms with E-state index in [4.69, 9.17) is 9.47 Å². The Morgan fingerprint density at radius 2 is 1.70 bits per heavy atom. The van der Waals surface area contributed by atoms with E-state index >= 15 is 0 Å². The number of ether oxygens (including phenoxy) is 2. The number of rotatable bonds is 14. The highest BCUT2D eigenvalue weighted by Crippen LogP contribution is 2.53. The molecular weight excluding hydrogens is 1030 g/mol. The van der Waals surface area contributed by atoms with E-state index in [1.54, 1.807) is 32.1 Å². The standard InChI is InChI=1S/C62H90FN5O12/c1-12-43-30-37(6)62(66-56(43)74)42(11)55(73)41(10)53(80-62)32-50(71)35(4)20-15-13-16-21-36(5)52-24-18-14-17-23-49(70)40(9)39(8)45(27-25-38(7)69)57(75)64-54(34(2)3)58(76)65-61(33-46(61)44-26-28-47(63)51(72)31-44)60(78)68-29-19-22-48(67-68)59(77)79-52/h13-14,16-18,21,23,26,28,31,34-35,37,39-43,45-46,48-50,52-54,67,70-72H,12,15,19-20,22,24-25,27,29-30,32-33H2,1-11H3,(H,64,75)(H,65,76)(H,66,74)/b16-13+,18-14+,23-17+,36-21+/t35-,37-,39+,40+,41-,42-,43-,45?,46?,48?,49-,50-,52-,53-,54-,61?,62+/m0/s1. The van der Waals surface area contributed by atoms with E-state index in [0.717, 1.165) is 6.07 Å². The van der Waals surface area contributed by atoms with Crippen LogP contribution in [0.1, 0.15) is 158 Å². The van der Waals surface area contributed by atoms with E-state index in [-0.39, 0.29) is 73.9 Å². The fourth-order valence-corrected chi connectivity index (χ4v) is 12.2. The van der Waals surface area contributed by atoms with Gasteiger partial charge in [0.05, 0.1) is 24.2 Å². The number of esters is 1. The second-order valence-electron chi connectivity index (χ2n) is 24.3. The first-order valence-corrected chi connectivity index (χ1v) is 29.2. The number of phenols is 1. The number of benzene rings is 1. The van der Waals surface area contributed by atoms with Crippen LogP contribution < -0.4 is 21.4 Å². The van der Waals surface area contributed by atoms with Crippen molar-refractivity contribution in [3.8, 4) is 5.75 Å². The minimum atomic E-state index is -1.62.